The van der Waals surface area contributed by atoms with Gasteiger partial charge in [-0.15, -0.1) is 11.3 Å². The zero-order valence-electron chi connectivity index (χ0n) is 20.9. The molecule has 2 aromatic carbocycles. The first-order valence-corrected chi connectivity index (χ1v) is 14.1. The monoisotopic (exact) mass is 507 g/mol. The van der Waals surface area contributed by atoms with E-state index in [1.807, 2.05) is 69.6 Å². The van der Waals surface area contributed by atoms with Gasteiger partial charge in [0.05, 0.1) is 0 Å². The molecule has 0 atom stereocenters. The fraction of sp³-hybridized carbons (Fsp3) is 0.321. The van der Waals surface area contributed by atoms with Gasteiger partial charge in [0.2, 0.25) is 0 Å². The van der Waals surface area contributed by atoms with E-state index < -0.39 is 15.6 Å². The number of hydrogen-bond acceptors (Lipinski definition) is 4. The summed E-state index contributed by atoms with van der Waals surface area (Å²) in [6.07, 6.45) is 4.63. The second-order valence-corrected chi connectivity index (χ2v) is 13.3. The van der Waals surface area contributed by atoms with Crippen LogP contribution in [0.25, 0.3) is 22.5 Å². The van der Waals surface area contributed by atoms with Crippen molar-refractivity contribution >= 4 is 21.4 Å². The van der Waals surface area contributed by atoms with Crippen LogP contribution in [0.2, 0.25) is 0 Å². The highest BCUT2D eigenvalue weighted by Crippen LogP contribution is 2.37. The van der Waals surface area contributed by atoms with Crippen molar-refractivity contribution in [2.45, 2.75) is 57.3 Å². The summed E-state index contributed by atoms with van der Waals surface area (Å²) in [5, 5.41) is 0. The molecule has 4 aromatic rings. The number of rotatable bonds is 8. The third-order valence-corrected chi connectivity index (χ3v) is 8.83. The number of hydrogen-bond donors (Lipinski definition) is 1. The van der Waals surface area contributed by atoms with Crippen molar-refractivity contribution in [3.8, 4) is 22.5 Å². The van der Waals surface area contributed by atoms with Gasteiger partial charge in [-0.2, -0.15) is 0 Å². The van der Waals surface area contributed by atoms with Crippen LogP contribution in [-0.4, -0.2) is 23.5 Å². The minimum absolute atomic E-state index is 0.382. The Morgan fingerprint density at radius 2 is 1.71 bits per heavy atom. The molecule has 2 aromatic heterocycles. The van der Waals surface area contributed by atoms with Crippen molar-refractivity contribution in [3.05, 3.63) is 83.5 Å². The summed E-state index contributed by atoms with van der Waals surface area (Å²) in [6.45, 7) is 10.5. The van der Waals surface area contributed by atoms with E-state index in [2.05, 4.69) is 52.4 Å². The van der Waals surface area contributed by atoms with Crippen molar-refractivity contribution in [2.24, 2.45) is 5.92 Å². The van der Waals surface area contributed by atoms with Gasteiger partial charge in [-0.05, 0) is 56.4 Å². The Hall–Kier alpha value is -2.74. The largest absolute Gasteiger partial charge is 0.327 e. The van der Waals surface area contributed by atoms with E-state index in [1.165, 1.54) is 11.3 Å². The van der Waals surface area contributed by atoms with Crippen LogP contribution in [0.15, 0.2) is 77.3 Å². The summed E-state index contributed by atoms with van der Waals surface area (Å²) < 4.78 is 32.1. The molecule has 0 saturated carbocycles. The maximum absolute atomic E-state index is 13.4. The molecule has 0 aliphatic heterocycles. The van der Waals surface area contributed by atoms with E-state index in [4.69, 9.17) is 0 Å². The first kappa shape index (κ1) is 25.4. The van der Waals surface area contributed by atoms with Gasteiger partial charge >= 0.3 is 0 Å². The molecular formula is C28H33N3O2S2. The number of imidazole rings is 1. The lowest BCUT2D eigenvalue weighted by Gasteiger charge is -2.20. The van der Waals surface area contributed by atoms with E-state index in [1.54, 1.807) is 0 Å². The lowest BCUT2D eigenvalue weighted by Crippen LogP contribution is -2.40. The third kappa shape index (κ3) is 6.28. The predicted octanol–water partition coefficient (Wildman–Crippen LogP) is 6.60. The highest BCUT2D eigenvalue weighted by Gasteiger charge is 2.28. The summed E-state index contributed by atoms with van der Waals surface area (Å²) in [5.41, 5.74) is 3.26. The minimum atomic E-state index is -3.66. The molecule has 0 aliphatic rings. The van der Waals surface area contributed by atoms with Gasteiger partial charge in [0.25, 0.3) is 10.0 Å². The molecule has 1 N–H and O–H groups in total. The fourth-order valence-corrected chi connectivity index (χ4v) is 7.46. The number of nitrogens with one attached hydrogen (secondary N) is 1. The fourth-order valence-electron chi connectivity index (χ4n) is 4.09. The Morgan fingerprint density at radius 1 is 1.00 bits per heavy atom. The highest BCUT2D eigenvalue weighted by atomic mass is 32.2. The Morgan fingerprint density at radius 3 is 2.40 bits per heavy atom. The van der Waals surface area contributed by atoms with E-state index in [0.29, 0.717) is 16.7 Å². The maximum atomic E-state index is 13.4. The molecule has 0 fully saturated rings. The number of sulfonamides is 1. The standard InChI is InChI=1S/C28H33N3O2S2/c1-20(2)16-24-18-25(27(34-24)35(32,33)30-28(3,4)5)23-13-9-10-21(17-23)19-31-15-14-29-26(31)22-11-7-6-8-12-22/h6-15,17-18,20,30H,16,19H2,1-5H3. The summed E-state index contributed by atoms with van der Waals surface area (Å²) in [7, 11) is -3.66. The molecule has 0 saturated heterocycles. The average Bonchev–Trinajstić information content (AvgIpc) is 3.40. The lowest BCUT2D eigenvalue weighted by molar-refractivity contribution is 0.493. The van der Waals surface area contributed by atoms with Gasteiger partial charge in [0.15, 0.2) is 0 Å². The van der Waals surface area contributed by atoms with Gasteiger partial charge in [-0.1, -0.05) is 62.4 Å². The zero-order chi connectivity index (χ0) is 25.2. The van der Waals surface area contributed by atoms with Crippen molar-refractivity contribution < 1.29 is 8.42 Å². The van der Waals surface area contributed by atoms with Crippen LogP contribution in [-0.2, 0) is 23.0 Å². The second kappa shape index (κ2) is 10.1. The highest BCUT2D eigenvalue weighted by molar-refractivity contribution is 7.91. The molecule has 7 heteroatoms. The van der Waals surface area contributed by atoms with E-state index >= 15 is 0 Å². The van der Waals surface area contributed by atoms with Crippen LogP contribution in [0.5, 0.6) is 0 Å². The molecular weight excluding hydrogens is 474 g/mol. The minimum Gasteiger partial charge on any atom is -0.327 e. The summed E-state index contributed by atoms with van der Waals surface area (Å²) in [5.74, 6) is 1.35. The third-order valence-electron chi connectivity index (χ3n) is 5.38. The van der Waals surface area contributed by atoms with Crippen molar-refractivity contribution in [1.29, 1.82) is 0 Å². The van der Waals surface area contributed by atoms with Crippen molar-refractivity contribution in [3.63, 3.8) is 0 Å². The number of benzene rings is 2. The Labute approximate surface area is 212 Å². The predicted molar refractivity (Wildman–Crippen MR) is 145 cm³/mol. The van der Waals surface area contributed by atoms with Crippen LogP contribution in [0.4, 0.5) is 0 Å². The van der Waals surface area contributed by atoms with Gasteiger partial charge < -0.3 is 4.57 Å². The number of aromatic nitrogens is 2. The second-order valence-electron chi connectivity index (χ2n) is 10.3. The molecule has 5 nitrogen and oxygen atoms in total. The summed E-state index contributed by atoms with van der Waals surface area (Å²) in [6, 6.07) is 20.3. The molecule has 0 radical (unpaired) electrons. The first-order chi connectivity index (χ1) is 16.5. The zero-order valence-corrected chi connectivity index (χ0v) is 22.6. The molecule has 184 valence electrons. The van der Waals surface area contributed by atoms with Crippen LogP contribution in [0.3, 0.4) is 0 Å². The summed E-state index contributed by atoms with van der Waals surface area (Å²) in [4.78, 5) is 5.63. The lowest BCUT2D eigenvalue weighted by atomic mass is 10.0. The SMILES string of the molecule is CC(C)Cc1cc(-c2cccc(Cn3ccnc3-c3ccccc3)c2)c(S(=O)(=O)NC(C)(C)C)s1. The van der Waals surface area contributed by atoms with Crippen molar-refractivity contribution in [2.75, 3.05) is 0 Å². The number of nitrogens with zero attached hydrogens (tertiary/aromatic N) is 2. The van der Waals surface area contributed by atoms with Crippen LogP contribution < -0.4 is 4.72 Å². The quantitative estimate of drug-likeness (QED) is 0.292. The smallest absolute Gasteiger partial charge is 0.251 e. The Kier molecular flexibility index (Phi) is 7.31. The normalized spacial score (nSPS) is 12.4. The summed E-state index contributed by atoms with van der Waals surface area (Å²) >= 11 is 1.38. The molecule has 35 heavy (non-hydrogen) atoms. The molecule has 0 aliphatic carbocycles. The van der Waals surface area contributed by atoms with Gasteiger partial charge in [0.1, 0.15) is 10.0 Å². The van der Waals surface area contributed by atoms with Crippen LogP contribution in [0.1, 0.15) is 45.1 Å². The van der Waals surface area contributed by atoms with Crippen LogP contribution in [0, 0.1) is 5.92 Å². The molecule has 4 rings (SSSR count). The topological polar surface area (TPSA) is 64.0 Å². The number of thiophene rings is 1. The van der Waals surface area contributed by atoms with Gasteiger partial charge in [0, 0.05) is 40.5 Å². The molecule has 2 heterocycles. The van der Waals surface area contributed by atoms with E-state index in [0.717, 1.165) is 39.4 Å². The van der Waals surface area contributed by atoms with Crippen LogP contribution >= 0.6 is 11.3 Å². The average molecular weight is 508 g/mol. The van der Waals surface area contributed by atoms with Gasteiger partial charge in [-0.3, -0.25) is 0 Å². The molecule has 0 spiro atoms. The Bertz CT molecular complexity index is 1400. The molecule has 0 amide bonds. The van der Waals surface area contributed by atoms with E-state index in [9.17, 15) is 8.42 Å². The Balaban J connectivity index is 1.72. The van der Waals surface area contributed by atoms with Crippen molar-refractivity contribution in [1.82, 2.24) is 14.3 Å². The molecule has 0 bridgehead atoms. The first-order valence-electron chi connectivity index (χ1n) is 11.8. The maximum Gasteiger partial charge on any atom is 0.251 e. The van der Waals surface area contributed by atoms with Gasteiger partial charge in [-0.25, -0.2) is 18.1 Å². The molecule has 0 unspecified atom stereocenters. The van der Waals surface area contributed by atoms with E-state index in [-0.39, 0.29) is 0 Å².